The lowest BCUT2D eigenvalue weighted by Crippen LogP contribution is -2.43. The first-order valence-corrected chi connectivity index (χ1v) is 11.5. The lowest BCUT2D eigenvalue weighted by Gasteiger charge is -2.30. The molecule has 1 spiro atoms. The van der Waals surface area contributed by atoms with Crippen LogP contribution in [0.1, 0.15) is 66.4 Å². The van der Waals surface area contributed by atoms with Crippen LogP contribution in [0, 0.1) is 29.7 Å². The predicted octanol–water partition coefficient (Wildman–Crippen LogP) is 4.66. The average Bonchev–Trinajstić information content (AvgIpc) is 3.24. The van der Waals surface area contributed by atoms with E-state index in [0.29, 0.717) is 6.42 Å². The molecule has 2 heterocycles. The molecule has 0 radical (unpaired) electrons. The van der Waals surface area contributed by atoms with Crippen molar-refractivity contribution in [3.8, 4) is 0 Å². The summed E-state index contributed by atoms with van der Waals surface area (Å²) in [4.78, 5) is 45.0. The van der Waals surface area contributed by atoms with Crippen LogP contribution >= 0.6 is 0 Å². The number of anilines is 1. The maximum absolute atomic E-state index is 13.8. The van der Waals surface area contributed by atoms with Gasteiger partial charge in [-0.2, -0.15) is 0 Å². The number of nitrogens with zero attached hydrogens (tertiary/aromatic N) is 2. The largest absolute Gasteiger partial charge is 0.325 e. The average molecular weight is 438 g/mol. The van der Waals surface area contributed by atoms with Crippen molar-refractivity contribution in [2.75, 3.05) is 11.9 Å². The summed E-state index contributed by atoms with van der Waals surface area (Å²) in [5.74, 6) is -0.668. The molecule has 0 aliphatic carbocycles. The van der Waals surface area contributed by atoms with Crippen LogP contribution in [-0.4, -0.2) is 35.2 Å². The molecule has 2 aliphatic rings. The molecule has 1 fully saturated rings. The molecule has 0 unspecified atom stereocenters. The third-order valence-corrected chi connectivity index (χ3v) is 7.05. The molecule has 0 saturated carbocycles. The summed E-state index contributed by atoms with van der Waals surface area (Å²) in [6.07, 6.45) is 0.301. The van der Waals surface area contributed by atoms with Gasteiger partial charge in [0.05, 0.1) is 6.42 Å². The zero-order valence-corrected chi connectivity index (χ0v) is 20.1. The molecule has 1 aromatic rings. The number of likely N-dealkylation sites (tertiary alicyclic amines) is 1. The van der Waals surface area contributed by atoms with Gasteiger partial charge in [-0.05, 0) is 29.4 Å². The van der Waals surface area contributed by atoms with Gasteiger partial charge < -0.3 is 5.32 Å². The van der Waals surface area contributed by atoms with Crippen LogP contribution in [0.25, 0.3) is 4.85 Å². The van der Waals surface area contributed by atoms with Gasteiger partial charge >= 0.3 is 6.17 Å². The van der Waals surface area contributed by atoms with Gasteiger partial charge in [0.2, 0.25) is 11.8 Å². The topological polar surface area (TPSA) is 70.8 Å². The van der Waals surface area contributed by atoms with Gasteiger partial charge in [-0.3, -0.25) is 24.1 Å². The van der Waals surface area contributed by atoms with Crippen molar-refractivity contribution in [3.05, 3.63) is 41.2 Å². The number of ketones is 1. The van der Waals surface area contributed by atoms with Crippen molar-refractivity contribution in [1.82, 2.24) is 4.90 Å². The molecule has 1 saturated heterocycles. The highest BCUT2D eigenvalue weighted by Gasteiger charge is 2.59. The molecule has 6 nitrogen and oxygen atoms in total. The minimum atomic E-state index is -0.900. The zero-order valence-electron chi connectivity index (χ0n) is 20.1. The second-order valence-corrected chi connectivity index (χ2v) is 11.0. The van der Waals surface area contributed by atoms with Gasteiger partial charge in [-0.15, -0.1) is 0 Å². The van der Waals surface area contributed by atoms with E-state index in [4.69, 9.17) is 6.57 Å². The summed E-state index contributed by atoms with van der Waals surface area (Å²) in [5, 5.41) is 2.93. The van der Waals surface area contributed by atoms with E-state index < -0.39 is 17.5 Å². The fourth-order valence-corrected chi connectivity index (χ4v) is 4.98. The number of benzene rings is 1. The highest BCUT2D eigenvalue weighted by Crippen LogP contribution is 2.47. The number of hydrogen-bond acceptors (Lipinski definition) is 3. The van der Waals surface area contributed by atoms with Crippen LogP contribution in [0.15, 0.2) is 24.3 Å². The number of fused-ring (bicyclic) bond motifs is 2. The maximum Gasteiger partial charge on any atom is 0.302 e. The number of carbonyl (C=O) groups excluding carboxylic acids is 3. The number of carbonyl (C=O) groups is 3. The number of amides is 2. The Balaban J connectivity index is 1.91. The van der Waals surface area contributed by atoms with E-state index in [1.807, 2.05) is 45.0 Å². The fourth-order valence-electron chi connectivity index (χ4n) is 4.98. The minimum absolute atomic E-state index is 0.0832. The molecule has 4 atom stereocenters. The monoisotopic (exact) mass is 437 g/mol. The Morgan fingerprint density at radius 1 is 1.25 bits per heavy atom. The molecule has 0 aromatic heterocycles. The van der Waals surface area contributed by atoms with Gasteiger partial charge in [0, 0.05) is 30.5 Å². The van der Waals surface area contributed by atoms with Crippen LogP contribution in [-0.2, 0) is 19.8 Å². The van der Waals surface area contributed by atoms with Crippen molar-refractivity contribution in [1.29, 1.82) is 0 Å². The normalized spacial score (nSPS) is 24.2. The predicted molar refractivity (Wildman–Crippen MR) is 125 cm³/mol. The Bertz CT molecular complexity index is 956. The number of rotatable bonds is 6. The third-order valence-electron chi connectivity index (χ3n) is 7.05. The lowest BCUT2D eigenvalue weighted by atomic mass is 9.79. The van der Waals surface area contributed by atoms with Gasteiger partial charge in [0.25, 0.3) is 0 Å². The zero-order chi connectivity index (χ0) is 23.8. The van der Waals surface area contributed by atoms with Crippen LogP contribution < -0.4 is 5.32 Å². The molecule has 2 aliphatic heterocycles. The Morgan fingerprint density at radius 2 is 1.91 bits per heavy atom. The van der Waals surface area contributed by atoms with E-state index in [1.54, 1.807) is 4.90 Å². The Kier molecular flexibility index (Phi) is 6.51. The molecule has 32 heavy (non-hydrogen) atoms. The van der Waals surface area contributed by atoms with Crippen LogP contribution in [0.4, 0.5) is 5.69 Å². The van der Waals surface area contributed by atoms with Crippen LogP contribution in [0.5, 0.6) is 0 Å². The SMILES string of the molecule is [C-]#[N+][C@@H]1C[C@@]2(CN1C(=O)[C@@H](CC(=O)[C@H](C)C(C)C)CC(C)(C)C)C(=O)Nc1ccccc12. The number of Topliss-reactive ketones (excluding diaryl/α,β-unsaturated/α-hetero) is 1. The smallest absolute Gasteiger partial charge is 0.302 e. The van der Waals surface area contributed by atoms with E-state index in [2.05, 4.69) is 30.9 Å². The molecule has 1 N–H and O–H groups in total. The lowest BCUT2D eigenvalue weighted by molar-refractivity contribution is -0.140. The number of nitrogens with one attached hydrogen (secondary N) is 1. The molecular formula is C26H35N3O3. The molecule has 2 amide bonds. The Labute approximate surface area is 191 Å². The molecule has 3 rings (SSSR count). The third kappa shape index (κ3) is 4.44. The van der Waals surface area contributed by atoms with Crippen LogP contribution in [0.2, 0.25) is 0 Å². The summed E-state index contributed by atoms with van der Waals surface area (Å²) in [5.41, 5.74) is 0.557. The van der Waals surface area contributed by atoms with E-state index in [0.717, 1.165) is 11.3 Å². The first kappa shape index (κ1) is 24.0. The molecule has 172 valence electrons. The molecule has 6 heteroatoms. The highest BCUT2D eigenvalue weighted by atomic mass is 16.2. The van der Waals surface area contributed by atoms with Gasteiger partial charge in [0.1, 0.15) is 11.2 Å². The molecule has 1 aromatic carbocycles. The van der Waals surface area contributed by atoms with Gasteiger partial charge in [0.15, 0.2) is 0 Å². The van der Waals surface area contributed by atoms with E-state index in [-0.39, 0.29) is 54.2 Å². The second-order valence-electron chi connectivity index (χ2n) is 11.0. The van der Waals surface area contributed by atoms with Gasteiger partial charge in [-0.25, -0.2) is 6.57 Å². The quantitative estimate of drug-likeness (QED) is 0.658. The standard InChI is InChI=1S/C26H35N3O3/c1-16(2)17(3)21(30)12-18(13-25(4,5)6)23(31)29-15-26(14-22(29)27-7)19-10-8-9-11-20(19)28-24(26)32/h8-11,16-18,22H,12-15H2,1-6H3,(H,28,32)/t17-,18+,22+,26+/m1/s1. The minimum Gasteiger partial charge on any atom is -0.325 e. The van der Waals surface area contributed by atoms with Gasteiger partial charge in [-0.1, -0.05) is 59.7 Å². The van der Waals surface area contributed by atoms with Crippen molar-refractivity contribution < 1.29 is 14.4 Å². The first-order chi connectivity index (χ1) is 14.9. The summed E-state index contributed by atoms with van der Waals surface area (Å²) in [6.45, 7) is 20.0. The summed E-state index contributed by atoms with van der Waals surface area (Å²) in [7, 11) is 0. The van der Waals surface area contributed by atoms with E-state index >= 15 is 0 Å². The highest BCUT2D eigenvalue weighted by molar-refractivity contribution is 6.07. The van der Waals surface area contributed by atoms with E-state index in [1.165, 1.54) is 0 Å². The summed E-state index contributed by atoms with van der Waals surface area (Å²) < 4.78 is 0. The Morgan fingerprint density at radius 3 is 2.50 bits per heavy atom. The summed E-state index contributed by atoms with van der Waals surface area (Å²) >= 11 is 0. The molecule has 0 bridgehead atoms. The first-order valence-electron chi connectivity index (χ1n) is 11.5. The van der Waals surface area contributed by atoms with E-state index in [9.17, 15) is 14.4 Å². The van der Waals surface area contributed by atoms with Crippen molar-refractivity contribution >= 4 is 23.3 Å². The van der Waals surface area contributed by atoms with Crippen LogP contribution in [0.3, 0.4) is 0 Å². The molecular weight excluding hydrogens is 402 g/mol. The van der Waals surface area contributed by atoms with Crippen molar-refractivity contribution in [2.24, 2.45) is 23.2 Å². The summed E-state index contributed by atoms with van der Waals surface area (Å²) in [6, 6.07) is 7.51. The maximum atomic E-state index is 13.8. The fraction of sp³-hybridized carbons (Fsp3) is 0.615. The van der Waals surface area contributed by atoms with Crippen molar-refractivity contribution in [2.45, 2.75) is 72.4 Å². The van der Waals surface area contributed by atoms with Crippen molar-refractivity contribution in [3.63, 3.8) is 0 Å². The number of hydrogen-bond donors (Lipinski definition) is 1. The number of para-hydroxylation sites is 1. The Hall–Kier alpha value is -2.68. The second kappa shape index (κ2) is 8.69.